The molecule has 0 bridgehead atoms. The van der Waals surface area contributed by atoms with Crippen molar-refractivity contribution >= 4 is 22.7 Å². The van der Waals surface area contributed by atoms with Crippen molar-refractivity contribution in [2.75, 3.05) is 49.9 Å². The van der Waals surface area contributed by atoms with Crippen molar-refractivity contribution in [3.63, 3.8) is 0 Å². The monoisotopic (exact) mass is 464 g/mol. The first-order valence-electron chi connectivity index (χ1n) is 12.9. The van der Waals surface area contributed by atoms with Crippen LogP contribution in [0, 0.1) is 5.92 Å². The first-order valence-corrected chi connectivity index (χ1v) is 12.9. The van der Waals surface area contributed by atoms with Crippen molar-refractivity contribution < 1.29 is 0 Å². The Kier molecular flexibility index (Phi) is 6.68. The summed E-state index contributed by atoms with van der Waals surface area (Å²) in [6, 6.07) is 0.424. The highest BCUT2D eigenvalue weighted by molar-refractivity contribution is 5.94. The van der Waals surface area contributed by atoms with Gasteiger partial charge in [0.25, 0.3) is 0 Å². The maximum absolute atomic E-state index is 4.76. The molecule has 1 unspecified atom stereocenters. The second-order valence-corrected chi connectivity index (χ2v) is 10.4. The number of fused-ring (bicyclic) bond motifs is 1. The van der Waals surface area contributed by atoms with E-state index in [-0.39, 0.29) is 0 Å². The Morgan fingerprint density at radius 3 is 2.85 bits per heavy atom. The fourth-order valence-corrected chi connectivity index (χ4v) is 5.65. The molecule has 1 atom stereocenters. The first kappa shape index (κ1) is 23.0. The minimum Gasteiger partial charge on any atom is -0.375 e. The highest BCUT2D eigenvalue weighted by Gasteiger charge is 2.24. The van der Waals surface area contributed by atoms with Gasteiger partial charge in [0.05, 0.1) is 0 Å². The van der Waals surface area contributed by atoms with Crippen molar-refractivity contribution in [3.8, 4) is 0 Å². The number of hydrogen-bond donors (Lipinski definition) is 3. The van der Waals surface area contributed by atoms with E-state index in [9.17, 15) is 0 Å². The molecule has 2 aliphatic heterocycles. The van der Waals surface area contributed by atoms with Gasteiger partial charge in [-0.15, -0.1) is 0 Å². The van der Waals surface area contributed by atoms with E-state index in [1.807, 2.05) is 11.7 Å². The lowest BCUT2D eigenvalue weighted by Gasteiger charge is -2.34. The SMILES string of the molecule is C=C(C)N1CCC(Nc2nn(C)c3c(NCC(C)CN4CCC5=C(C=CCC5)C4)n[nH]c23)CC1. The molecule has 0 saturated carbocycles. The Labute approximate surface area is 203 Å². The molecule has 5 rings (SSSR count). The van der Waals surface area contributed by atoms with E-state index in [1.165, 1.54) is 25.8 Å². The summed E-state index contributed by atoms with van der Waals surface area (Å²) < 4.78 is 1.94. The van der Waals surface area contributed by atoms with Crippen LogP contribution in [0.1, 0.15) is 46.0 Å². The zero-order valence-electron chi connectivity index (χ0n) is 21.0. The molecule has 1 saturated heterocycles. The summed E-state index contributed by atoms with van der Waals surface area (Å²) in [5, 5.41) is 19.8. The maximum Gasteiger partial charge on any atom is 0.174 e. The molecule has 0 amide bonds. The number of aryl methyl sites for hydroxylation is 1. The number of aromatic amines is 1. The normalized spacial score (nSPS) is 20.6. The van der Waals surface area contributed by atoms with Crippen molar-refractivity contribution in [3.05, 3.63) is 35.6 Å². The fraction of sp³-hybridized carbons (Fsp3) is 0.615. The maximum atomic E-state index is 4.76. The number of allylic oxidation sites excluding steroid dienone is 2. The minimum absolute atomic E-state index is 0.424. The summed E-state index contributed by atoms with van der Waals surface area (Å²) in [7, 11) is 2.00. The number of anilines is 2. The van der Waals surface area contributed by atoms with Gasteiger partial charge in [0.15, 0.2) is 11.6 Å². The summed E-state index contributed by atoms with van der Waals surface area (Å²) in [6.45, 7) is 14.9. The smallest absolute Gasteiger partial charge is 0.174 e. The van der Waals surface area contributed by atoms with Gasteiger partial charge in [-0.2, -0.15) is 10.2 Å². The van der Waals surface area contributed by atoms with Crippen molar-refractivity contribution in [2.24, 2.45) is 13.0 Å². The third-order valence-corrected chi connectivity index (χ3v) is 7.62. The lowest BCUT2D eigenvalue weighted by Crippen LogP contribution is -2.38. The van der Waals surface area contributed by atoms with E-state index < -0.39 is 0 Å². The number of likely N-dealkylation sites (tertiary alicyclic amines) is 1. The summed E-state index contributed by atoms with van der Waals surface area (Å²) in [5.41, 5.74) is 6.43. The van der Waals surface area contributed by atoms with Crippen LogP contribution in [0.4, 0.5) is 11.6 Å². The number of aromatic nitrogens is 4. The van der Waals surface area contributed by atoms with Crippen LogP contribution < -0.4 is 10.6 Å². The number of nitrogens with one attached hydrogen (secondary N) is 3. The molecule has 184 valence electrons. The van der Waals surface area contributed by atoms with E-state index in [1.54, 1.807) is 11.1 Å². The molecule has 2 aromatic rings. The van der Waals surface area contributed by atoms with Crippen LogP contribution in [0.15, 0.2) is 35.6 Å². The highest BCUT2D eigenvalue weighted by Crippen LogP contribution is 2.29. The van der Waals surface area contributed by atoms with Crippen molar-refractivity contribution in [1.82, 2.24) is 29.8 Å². The lowest BCUT2D eigenvalue weighted by atomic mass is 9.91. The average molecular weight is 465 g/mol. The molecule has 4 heterocycles. The molecule has 34 heavy (non-hydrogen) atoms. The molecule has 8 heteroatoms. The molecule has 0 aromatic carbocycles. The van der Waals surface area contributed by atoms with Gasteiger partial charge in [-0.25, -0.2) is 0 Å². The van der Waals surface area contributed by atoms with E-state index in [0.717, 1.165) is 73.9 Å². The molecule has 1 aliphatic carbocycles. The average Bonchev–Trinajstić information content (AvgIpc) is 3.39. The summed E-state index contributed by atoms with van der Waals surface area (Å²) in [5.74, 6) is 2.32. The van der Waals surface area contributed by atoms with Gasteiger partial charge in [-0.3, -0.25) is 14.7 Å². The van der Waals surface area contributed by atoms with Gasteiger partial charge >= 0.3 is 0 Å². The number of rotatable bonds is 8. The summed E-state index contributed by atoms with van der Waals surface area (Å²) in [6.07, 6.45) is 10.6. The van der Waals surface area contributed by atoms with E-state index in [4.69, 9.17) is 5.10 Å². The van der Waals surface area contributed by atoms with E-state index >= 15 is 0 Å². The van der Waals surface area contributed by atoms with Crippen LogP contribution in [-0.4, -0.2) is 75.1 Å². The Bertz CT molecular complexity index is 1080. The van der Waals surface area contributed by atoms with Crippen LogP contribution in [-0.2, 0) is 7.05 Å². The minimum atomic E-state index is 0.424. The predicted molar refractivity (Wildman–Crippen MR) is 140 cm³/mol. The van der Waals surface area contributed by atoms with Gasteiger partial charge < -0.3 is 15.5 Å². The fourth-order valence-electron chi connectivity index (χ4n) is 5.65. The number of H-pyrrole nitrogens is 1. The summed E-state index contributed by atoms with van der Waals surface area (Å²) in [4.78, 5) is 4.96. The van der Waals surface area contributed by atoms with Crippen LogP contribution in [0.5, 0.6) is 0 Å². The standard InChI is InChI=1S/C26H40N8/c1-18(2)34-13-10-22(11-14-34)28-25-23-24(32(4)31-25)26(30-29-23)27-15-19(3)16-33-12-9-20-7-5-6-8-21(20)17-33/h6,8,19,22H,1,5,7,9-17H2,2-4H3,(H,28,31)(H2,27,29,30). The zero-order valence-corrected chi connectivity index (χ0v) is 21.0. The van der Waals surface area contributed by atoms with Crippen LogP contribution in [0.2, 0.25) is 0 Å². The third kappa shape index (κ3) is 4.87. The first-order chi connectivity index (χ1) is 16.5. The van der Waals surface area contributed by atoms with Crippen LogP contribution in [0.25, 0.3) is 11.0 Å². The zero-order chi connectivity index (χ0) is 23.7. The van der Waals surface area contributed by atoms with E-state index in [2.05, 4.69) is 63.2 Å². The van der Waals surface area contributed by atoms with Crippen molar-refractivity contribution in [2.45, 2.75) is 52.0 Å². The molecule has 0 radical (unpaired) electrons. The van der Waals surface area contributed by atoms with E-state index in [0.29, 0.717) is 12.0 Å². The summed E-state index contributed by atoms with van der Waals surface area (Å²) >= 11 is 0. The molecule has 0 spiro atoms. The largest absolute Gasteiger partial charge is 0.375 e. The van der Waals surface area contributed by atoms with Gasteiger partial charge in [0.1, 0.15) is 11.0 Å². The molecule has 3 aliphatic rings. The molecule has 2 aromatic heterocycles. The molecular formula is C26H40N8. The van der Waals surface area contributed by atoms with Gasteiger partial charge in [0, 0.05) is 58.1 Å². The topological polar surface area (TPSA) is 77.0 Å². The van der Waals surface area contributed by atoms with Gasteiger partial charge in [-0.05, 0) is 50.5 Å². The molecular weight excluding hydrogens is 424 g/mol. The Morgan fingerprint density at radius 2 is 2.06 bits per heavy atom. The second kappa shape index (κ2) is 9.86. The highest BCUT2D eigenvalue weighted by atomic mass is 15.4. The second-order valence-electron chi connectivity index (χ2n) is 10.4. The number of piperidine rings is 1. The molecule has 1 fully saturated rings. The van der Waals surface area contributed by atoms with Crippen molar-refractivity contribution in [1.29, 1.82) is 0 Å². The van der Waals surface area contributed by atoms with Gasteiger partial charge in [-0.1, -0.05) is 31.2 Å². The third-order valence-electron chi connectivity index (χ3n) is 7.62. The quantitative estimate of drug-likeness (QED) is 0.546. The number of hydrogen-bond acceptors (Lipinski definition) is 6. The van der Waals surface area contributed by atoms with Crippen LogP contribution >= 0.6 is 0 Å². The molecule has 3 N–H and O–H groups in total. The predicted octanol–water partition coefficient (Wildman–Crippen LogP) is 4.11. The lowest BCUT2D eigenvalue weighted by molar-refractivity contribution is 0.251. The van der Waals surface area contributed by atoms with Gasteiger partial charge in [0.2, 0.25) is 0 Å². The number of nitrogens with zero attached hydrogens (tertiary/aromatic N) is 5. The molecule has 8 nitrogen and oxygen atoms in total. The Balaban J connectivity index is 1.16. The Hall–Kier alpha value is -2.74. The van der Waals surface area contributed by atoms with Crippen LogP contribution in [0.3, 0.4) is 0 Å². The Morgan fingerprint density at radius 1 is 1.24 bits per heavy atom.